The molecule has 0 spiro atoms. The Balaban J connectivity index is 1.61. The normalized spacial score (nSPS) is 15.3. The summed E-state index contributed by atoms with van der Waals surface area (Å²) in [6, 6.07) is 16.1. The number of para-hydroxylation sites is 2. The quantitative estimate of drug-likeness (QED) is 0.203. The van der Waals surface area contributed by atoms with Gasteiger partial charge in [0.15, 0.2) is 6.54 Å². The summed E-state index contributed by atoms with van der Waals surface area (Å²) in [7, 11) is -7.95. The van der Waals surface area contributed by atoms with Gasteiger partial charge in [0.25, 0.3) is 25.2 Å². The molecule has 0 fully saturated rings. The lowest BCUT2D eigenvalue weighted by Crippen LogP contribution is -2.35. The van der Waals surface area contributed by atoms with E-state index in [0.717, 1.165) is 30.8 Å². The summed E-state index contributed by atoms with van der Waals surface area (Å²) in [6.45, 7) is 1.23. The Hall–Kier alpha value is -1.96. The number of thiazole rings is 1. The summed E-state index contributed by atoms with van der Waals surface area (Å²) < 4.78 is 65.8. The van der Waals surface area contributed by atoms with Crippen LogP contribution in [0.5, 0.6) is 0 Å². The van der Waals surface area contributed by atoms with E-state index in [2.05, 4.69) is 27.7 Å². The molecule has 12 heteroatoms. The van der Waals surface area contributed by atoms with Crippen molar-refractivity contribution in [1.82, 2.24) is 0 Å². The number of rotatable bonds is 11. The predicted molar refractivity (Wildman–Crippen MR) is 141 cm³/mol. The molecule has 0 saturated heterocycles. The smallest absolute Gasteiger partial charge is 0.265 e. The molecule has 0 radical (unpaired) electrons. The van der Waals surface area contributed by atoms with Crippen molar-refractivity contribution in [2.24, 2.45) is 0 Å². The highest BCUT2D eigenvalue weighted by molar-refractivity contribution is 8.03. The highest BCUT2D eigenvalue weighted by Crippen LogP contribution is 2.46. The Morgan fingerprint density at radius 1 is 0.857 bits per heavy atom. The van der Waals surface area contributed by atoms with Gasteiger partial charge in [-0.25, -0.2) is 0 Å². The molecule has 2 N–H and O–H groups in total. The van der Waals surface area contributed by atoms with Crippen LogP contribution in [0, 0.1) is 0 Å². The van der Waals surface area contributed by atoms with Crippen molar-refractivity contribution >= 4 is 65.3 Å². The van der Waals surface area contributed by atoms with Crippen LogP contribution in [-0.4, -0.2) is 44.0 Å². The monoisotopic (exact) mass is 555 g/mol. The highest BCUT2D eigenvalue weighted by atomic mass is 32.2. The fourth-order valence-electron chi connectivity index (χ4n) is 4.00. The highest BCUT2D eigenvalue weighted by Gasteiger charge is 2.27. The lowest BCUT2D eigenvalue weighted by Gasteiger charge is -2.20. The van der Waals surface area contributed by atoms with Gasteiger partial charge in [0, 0.05) is 23.9 Å². The molecule has 0 saturated carbocycles. The SMILES string of the molecule is O=S(=O)(O)CCCCN1C(=Cc2sc3ccccc3[n+]2CCCCS(=O)(=O)O)Sc2ccccc21. The lowest BCUT2D eigenvalue weighted by atomic mass is 10.2. The number of aryl methyl sites for hydroxylation is 1. The zero-order valence-electron chi connectivity index (χ0n) is 18.9. The van der Waals surface area contributed by atoms with E-state index in [0.29, 0.717) is 38.8 Å². The van der Waals surface area contributed by atoms with E-state index in [9.17, 15) is 16.8 Å². The van der Waals surface area contributed by atoms with E-state index in [1.807, 2.05) is 36.4 Å². The number of nitrogens with zero attached hydrogens (tertiary/aromatic N) is 2. The van der Waals surface area contributed by atoms with Gasteiger partial charge in [0.2, 0.25) is 5.52 Å². The first-order valence-electron chi connectivity index (χ1n) is 11.2. The molecule has 2 heterocycles. The molecule has 0 amide bonds. The van der Waals surface area contributed by atoms with Gasteiger partial charge >= 0.3 is 0 Å². The van der Waals surface area contributed by atoms with Gasteiger partial charge < -0.3 is 4.90 Å². The number of thioether (sulfide) groups is 1. The minimum atomic E-state index is -3.98. The van der Waals surface area contributed by atoms with Crippen LogP contribution in [0.15, 0.2) is 58.5 Å². The van der Waals surface area contributed by atoms with Crippen molar-refractivity contribution in [2.45, 2.75) is 37.1 Å². The van der Waals surface area contributed by atoms with Crippen LogP contribution in [0.4, 0.5) is 5.69 Å². The largest absolute Gasteiger partial charge is 0.335 e. The summed E-state index contributed by atoms with van der Waals surface area (Å²) in [5.41, 5.74) is 2.13. The van der Waals surface area contributed by atoms with Crippen LogP contribution in [-0.2, 0) is 26.8 Å². The van der Waals surface area contributed by atoms with Crippen molar-refractivity contribution < 1.29 is 30.5 Å². The van der Waals surface area contributed by atoms with Gasteiger partial charge in [0.05, 0.1) is 28.3 Å². The van der Waals surface area contributed by atoms with Crippen LogP contribution >= 0.6 is 23.1 Å². The molecule has 35 heavy (non-hydrogen) atoms. The Bertz CT molecular complexity index is 1450. The van der Waals surface area contributed by atoms with Gasteiger partial charge in [-0.15, -0.1) is 0 Å². The molecular weight excluding hydrogens is 529 g/mol. The zero-order chi connectivity index (χ0) is 25.1. The number of unbranched alkanes of at least 4 members (excludes halogenated alkanes) is 2. The minimum Gasteiger partial charge on any atom is -0.335 e. The fourth-order valence-corrected chi connectivity index (χ4v) is 7.46. The first-order chi connectivity index (χ1) is 16.6. The Kier molecular flexibility index (Phi) is 8.19. The third kappa shape index (κ3) is 7.05. The van der Waals surface area contributed by atoms with Crippen molar-refractivity contribution in [3.63, 3.8) is 0 Å². The average Bonchev–Trinajstić information content (AvgIpc) is 3.30. The van der Waals surface area contributed by atoms with Crippen LogP contribution in [0.25, 0.3) is 16.3 Å². The first kappa shape index (κ1) is 26.1. The van der Waals surface area contributed by atoms with E-state index in [-0.39, 0.29) is 11.5 Å². The topological polar surface area (TPSA) is 116 Å². The van der Waals surface area contributed by atoms with Crippen LogP contribution < -0.4 is 9.47 Å². The maximum Gasteiger partial charge on any atom is 0.265 e. The van der Waals surface area contributed by atoms with E-state index >= 15 is 0 Å². The summed E-state index contributed by atoms with van der Waals surface area (Å²) in [5, 5.41) is 2.05. The standard InChI is InChI=1S/C23H26N2O6S4/c26-34(27,28)15-7-5-13-24-18-9-1-3-11-20(18)32-22(24)17-23-25(14-6-8-16-35(29,30)31)19-10-2-4-12-21(19)33-23/h1-4,9-12,17H,5-8,13-16H2,(H-,26,27,28,29,30,31)/p+1. The molecule has 0 aliphatic carbocycles. The van der Waals surface area contributed by atoms with Crippen molar-refractivity contribution in [2.75, 3.05) is 23.0 Å². The summed E-state index contributed by atoms with van der Waals surface area (Å²) in [5.74, 6) is -0.511. The predicted octanol–water partition coefficient (Wildman–Crippen LogP) is 4.44. The maximum atomic E-state index is 11.1. The second-order valence-electron chi connectivity index (χ2n) is 8.25. The van der Waals surface area contributed by atoms with Crippen LogP contribution in [0.1, 0.15) is 30.7 Å². The molecule has 0 bridgehead atoms. The van der Waals surface area contributed by atoms with Gasteiger partial charge in [-0.3, -0.25) is 9.11 Å². The second kappa shape index (κ2) is 11.0. The van der Waals surface area contributed by atoms with E-state index in [1.54, 1.807) is 23.1 Å². The lowest BCUT2D eigenvalue weighted by molar-refractivity contribution is -0.669. The van der Waals surface area contributed by atoms with E-state index in [1.165, 1.54) is 0 Å². The molecule has 0 atom stereocenters. The molecular formula is C23H27N2O6S4+. The Morgan fingerprint density at radius 3 is 2.26 bits per heavy atom. The van der Waals surface area contributed by atoms with E-state index in [4.69, 9.17) is 9.11 Å². The first-order valence-corrected chi connectivity index (χ1v) is 16.0. The molecule has 3 aromatic rings. The number of hydrogen-bond donors (Lipinski definition) is 2. The fraction of sp³-hybridized carbons (Fsp3) is 0.348. The molecule has 1 aliphatic rings. The molecule has 8 nitrogen and oxygen atoms in total. The van der Waals surface area contributed by atoms with E-state index < -0.39 is 20.2 Å². The number of fused-ring (bicyclic) bond motifs is 2. The molecule has 1 aliphatic heterocycles. The van der Waals surface area contributed by atoms with Gasteiger partial charge in [0.1, 0.15) is 4.70 Å². The Labute approximate surface area is 213 Å². The number of aromatic nitrogens is 1. The number of hydrogen-bond acceptors (Lipinski definition) is 7. The molecule has 4 rings (SSSR count). The maximum absolute atomic E-state index is 11.1. The summed E-state index contributed by atoms with van der Waals surface area (Å²) in [6.07, 6.45) is 4.07. The molecule has 2 aromatic carbocycles. The number of anilines is 1. The second-order valence-corrected chi connectivity index (χ2v) is 13.5. The van der Waals surface area contributed by atoms with Crippen molar-refractivity contribution in [3.8, 4) is 0 Å². The molecule has 1 aromatic heterocycles. The van der Waals surface area contributed by atoms with Crippen molar-refractivity contribution in [1.29, 1.82) is 0 Å². The zero-order valence-corrected chi connectivity index (χ0v) is 22.2. The summed E-state index contributed by atoms with van der Waals surface area (Å²) in [4.78, 5) is 3.30. The molecule has 0 unspecified atom stereocenters. The third-order valence-electron chi connectivity index (χ3n) is 5.59. The Morgan fingerprint density at radius 2 is 1.51 bits per heavy atom. The van der Waals surface area contributed by atoms with Gasteiger partial charge in [-0.1, -0.05) is 47.4 Å². The average molecular weight is 556 g/mol. The van der Waals surface area contributed by atoms with Crippen LogP contribution in [0.3, 0.4) is 0 Å². The minimum absolute atomic E-state index is 0.255. The molecule has 188 valence electrons. The number of benzene rings is 2. The van der Waals surface area contributed by atoms with Gasteiger partial charge in [-0.05, 0) is 37.5 Å². The van der Waals surface area contributed by atoms with Crippen molar-refractivity contribution in [3.05, 3.63) is 58.6 Å². The third-order valence-corrected chi connectivity index (χ3v) is 9.42. The van der Waals surface area contributed by atoms with Gasteiger partial charge in [-0.2, -0.15) is 21.4 Å². The van der Waals surface area contributed by atoms with Crippen LogP contribution in [0.2, 0.25) is 0 Å². The summed E-state index contributed by atoms with van der Waals surface area (Å²) >= 11 is 3.31.